The van der Waals surface area contributed by atoms with Crippen LogP contribution in [0.4, 0.5) is 0 Å². The Balaban J connectivity index is 1.14. The Morgan fingerprint density at radius 2 is 0.814 bits per heavy atom. The van der Waals surface area contributed by atoms with E-state index in [-0.39, 0.29) is 36.3 Å². The second-order valence-electron chi connectivity index (χ2n) is 15.3. The molecule has 5 aromatic carbocycles. The summed E-state index contributed by atoms with van der Waals surface area (Å²) in [6.07, 6.45) is 0.521. The van der Waals surface area contributed by atoms with Crippen LogP contribution in [-0.4, -0.2) is 80.5 Å². The van der Waals surface area contributed by atoms with Crippen molar-refractivity contribution in [2.45, 2.75) is 57.5 Å². The Morgan fingerprint density at radius 1 is 0.441 bits per heavy atom. The fourth-order valence-corrected chi connectivity index (χ4v) is 7.78. The molecule has 0 spiro atoms. The van der Waals surface area contributed by atoms with Crippen LogP contribution in [0, 0.1) is 11.8 Å². The summed E-state index contributed by atoms with van der Waals surface area (Å²) in [6, 6.07) is 51.4. The van der Waals surface area contributed by atoms with Crippen LogP contribution in [0.2, 0.25) is 0 Å². The molecule has 0 aliphatic carbocycles. The highest BCUT2D eigenvalue weighted by molar-refractivity contribution is 5.17. The van der Waals surface area contributed by atoms with Gasteiger partial charge >= 0.3 is 0 Å². The van der Waals surface area contributed by atoms with E-state index in [0.717, 1.165) is 27.8 Å². The molecule has 9 heteroatoms. The summed E-state index contributed by atoms with van der Waals surface area (Å²) in [7, 11) is 0. The molecule has 9 nitrogen and oxygen atoms in total. The fraction of sp³-hybridized carbons (Fsp3) is 0.360. The molecule has 59 heavy (non-hydrogen) atoms. The fourth-order valence-electron chi connectivity index (χ4n) is 7.78. The van der Waals surface area contributed by atoms with Crippen molar-refractivity contribution in [2.75, 3.05) is 46.0 Å². The summed E-state index contributed by atoms with van der Waals surface area (Å²) in [5.74, 6) is -0.116. The van der Waals surface area contributed by atoms with Crippen LogP contribution in [0.3, 0.4) is 0 Å². The van der Waals surface area contributed by atoms with Crippen LogP contribution < -0.4 is 0 Å². The van der Waals surface area contributed by atoms with Gasteiger partial charge in [-0.15, -0.1) is 6.58 Å². The number of hydroxylamine groups is 4. The Labute approximate surface area is 349 Å². The second-order valence-corrected chi connectivity index (χ2v) is 15.3. The molecule has 0 unspecified atom stereocenters. The summed E-state index contributed by atoms with van der Waals surface area (Å²) in [5.41, 5.74) is 5.55. The molecule has 6 atom stereocenters. The van der Waals surface area contributed by atoms with Crippen molar-refractivity contribution in [1.82, 2.24) is 10.1 Å². The molecule has 0 radical (unpaired) electrons. The van der Waals surface area contributed by atoms with Gasteiger partial charge in [0.25, 0.3) is 0 Å². The van der Waals surface area contributed by atoms with Crippen LogP contribution in [0.25, 0.3) is 0 Å². The van der Waals surface area contributed by atoms with Gasteiger partial charge in [-0.05, 0) is 27.8 Å². The Kier molecular flexibility index (Phi) is 16.8. The zero-order valence-electron chi connectivity index (χ0n) is 33.9. The molecule has 2 heterocycles. The monoisotopic (exact) mass is 798 g/mol. The first-order valence-electron chi connectivity index (χ1n) is 20.8. The van der Waals surface area contributed by atoms with Crippen LogP contribution >= 0.6 is 0 Å². The smallest absolute Gasteiger partial charge is 0.121 e. The van der Waals surface area contributed by atoms with Crippen molar-refractivity contribution in [2.24, 2.45) is 11.8 Å². The van der Waals surface area contributed by atoms with E-state index in [1.54, 1.807) is 6.08 Å². The number of benzene rings is 5. The lowest BCUT2D eigenvalue weighted by atomic mass is 9.92. The molecular formula is C50H58N2O7. The summed E-state index contributed by atoms with van der Waals surface area (Å²) in [6.45, 7) is 9.76. The van der Waals surface area contributed by atoms with E-state index in [9.17, 15) is 0 Å². The number of piperidine rings is 2. The van der Waals surface area contributed by atoms with E-state index in [1.165, 1.54) is 0 Å². The lowest BCUT2D eigenvalue weighted by molar-refractivity contribution is -0.314. The van der Waals surface area contributed by atoms with Crippen LogP contribution in [0.1, 0.15) is 27.8 Å². The quantitative estimate of drug-likeness (QED) is 0.0642. The van der Waals surface area contributed by atoms with E-state index < -0.39 is 0 Å². The van der Waals surface area contributed by atoms with E-state index in [2.05, 4.69) is 72.3 Å². The molecule has 2 aliphatic heterocycles. The normalized spacial score (nSPS) is 22.6. The maximum Gasteiger partial charge on any atom is 0.121 e. The molecule has 0 aromatic heterocycles. The van der Waals surface area contributed by atoms with E-state index in [4.69, 9.17) is 33.4 Å². The van der Waals surface area contributed by atoms with Crippen molar-refractivity contribution in [1.29, 1.82) is 0 Å². The number of rotatable bonds is 22. The first-order valence-corrected chi connectivity index (χ1v) is 20.8. The van der Waals surface area contributed by atoms with Gasteiger partial charge in [0.05, 0.1) is 84.3 Å². The zero-order valence-corrected chi connectivity index (χ0v) is 33.9. The van der Waals surface area contributed by atoms with Crippen molar-refractivity contribution < 1.29 is 33.4 Å². The van der Waals surface area contributed by atoms with Crippen LogP contribution in [0.5, 0.6) is 0 Å². The van der Waals surface area contributed by atoms with Gasteiger partial charge in [-0.2, -0.15) is 10.1 Å². The summed E-state index contributed by atoms with van der Waals surface area (Å²) < 4.78 is 33.3. The van der Waals surface area contributed by atoms with E-state index >= 15 is 0 Å². The average molecular weight is 799 g/mol. The van der Waals surface area contributed by atoms with Gasteiger partial charge in [0.1, 0.15) is 6.10 Å². The van der Waals surface area contributed by atoms with Crippen LogP contribution in [-0.2, 0) is 66.4 Å². The highest BCUT2D eigenvalue weighted by Crippen LogP contribution is 2.31. The minimum Gasteiger partial charge on any atom is -0.376 e. The van der Waals surface area contributed by atoms with Gasteiger partial charge in [-0.25, -0.2) is 0 Å². The Hall–Kier alpha value is -4.52. The number of ether oxygens (including phenoxy) is 5. The molecule has 310 valence electrons. The molecule has 2 fully saturated rings. The maximum absolute atomic E-state index is 7.14. The third-order valence-electron chi connectivity index (χ3n) is 10.7. The van der Waals surface area contributed by atoms with Gasteiger partial charge in [0, 0.05) is 24.9 Å². The predicted molar refractivity (Wildman–Crippen MR) is 228 cm³/mol. The van der Waals surface area contributed by atoms with E-state index in [0.29, 0.717) is 79.0 Å². The Morgan fingerprint density at radius 3 is 1.25 bits per heavy atom. The van der Waals surface area contributed by atoms with Crippen molar-refractivity contribution in [3.8, 4) is 0 Å². The summed E-state index contributed by atoms with van der Waals surface area (Å²) in [5, 5.41) is 4.03. The SMILES string of the molecule is C=CCON1C[C@H](COCc2ccccc2)[C@@H](OCc2ccccc2)[C@H](ON2C[C@H](COCc3ccccc3)[C@@H](OCc3ccccc3)[C@H](OCc3ccccc3)C2)C1. The first-order chi connectivity index (χ1) is 29.2. The highest BCUT2D eigenvalue weighted by atomic mass is 16.7. The molecule has 0 saturated carbocycles. The van der Waals surface area contributed by atoms with Gasteiger partial charge in [-0.3, -0.25) is 9.68 Å². The highest BCUT2D eigenvalue weighted by Gasteiger charge is 2.44. The van der Waals surface area contributed by atoms with Crippen molar-refractivity contribution >= 4 is 0 Å². The largest absolute Gasteiger partial charge is 0.376 e. The molecule has 7 rings (SSSR count). The van der Waals surface area contributed by atoms with Gasteiger partial charge < -0.3 is 23.7 Å². The third kappa shape index (κ3) is 13.5. The standard InChI is InChI=1S/C50H58N2O7/c1-2-28-58-51-29-45(38-53-33-40-18-8-3-9-19-40)50(57-37-44-26-16-7-17-27-44)48(32-51)59-52-30-46(39-54-34-41-20-10-4-11-21-41)49(56-36-43-24-14-6-15-25-43)47(31-52)55-35-42-22-12-5-13-23-42/h2-27,45-50H,1,28-39H2/t45-,46-,47-,48-,49-,50-/m1/s1. The number of nitrogens with zero attached hydrogens (tertiary/aromatic N) is 2. The Bertz CT molecular complexity index is 1890. The predicted octanol–water partition coefficient (Wildman–Crippen LogP) is 8.46. The van der Waals surface area contributed by atoms with Gasteiger partial charge in [0.2, 0.25) is 0 Å². The zero-order chi connectivity index (χ0) is 40.3. The van der Waals surface area contributed by atoms with Crippen LogP contribution in [0.15, 0.2) is 164 Å². The number of hydrogen-bond acceptors (Lipinski definition) is 9. The lowest BCUT2D eigenvalue weighted by Gasteiger charge is -2.47. The lowest BCUT2D eigenvalue weighted by Crippen LogP contribution is -2.60. The second kappa shape index (κ2) is 23.3. The summed E-state index contributed by atoms with van der Waals surface area (Å²) >= 11 is 0. The molecule has 0 bridgehead atoms. The van der Waals surface area contributed by atoms with E-state index in [1.807, 2.05) is 96.1 Å². The third-order valence-corrected chi connectivity index (χ3v) is 10.7. The van der Waals surface area contributed by atoms with Gasteiger partial charge in [-0.1, -0.05) is 158 Å². The minimum atomic E-state index is -0.384. The molecular weight excluding hydrogens is 741 g/mol. The van der Waals surface area contributed by atoms with Crippen molar-refractivity contribution in [3.05, 3.63) is 192 Å². The first kappa shape index (κ1) is 42.6. The van der Waals surface area contributed by atoms with Gasteiger partial charge in [0.15, 0.2) is 0 Å². The molecule has 2 aliphatic rings. The average Bonchev–Trinajstić information content (AvgIpc) is 3.28. The molecule has 0 N–H and O–H groups in total. The minimum absolute atomic E-state index is 0.0483. The van der Waals surface area contributed by atoms with Crippen molar-refractivity contribution in [3.63, 3.8) is 0 Å². The topological polar surface area (TPSA) is 71.1 Å². The maximum atomic E-state index is 7.14. The molecule has 0 amide bonds. The molecule has 2 saturated heterocycles. The summed E-state index contributed by atoms with van der Waals surface area (Å²) in [4.78, 5) is 13.4. The molecule has 5 aromatic rings. The number of hydrogen-bond donors (Lipinski definition) is 0.